The fourth-order valence-electron chi connectivity index (χ4n) is 0. The molecule has 0 aliphatic rings. The minimum atomic E-state index is 0. The summed E-state index contributed by atoms with van der Waals surface area (Å²) in [4.78, 5) is 0. The van der Waals surface area contributed by atoms with Crippen LogP contribution in [0.25, 0.3) is 0 Å². The summed E-state index contributed by atoms with van der Waals surface area (Å²) in [5.41, 5.74) is 0. The molecule has 0 aromatic rings. The molecule has 0 aromatic heterocycles. The molecule has 4 heavy (non-hydrogen) atoms. The minimum Gasteiger partial charge on any atom is 0 e. The number of hydrogen-bond acceptors (Lipinski definition) is 0. The van der Waals surface area contributed by atoms with Crippen molar-refractivity contribution in [2.75, 3.05) is 0 Å². The molecule has 0 amide bonds. The summed E-state index contributed by atoms with van der Waals surface area (Å²) in [6, 6.07) is 0. The normalized spacial score (nSPS) is 0. The fraction of sp³-hybridized carbons (Fsp3) is 0. The second-order valence-corrected chi connectivity index (χ2v) is 0. The van der Waals surface area contributed by atoms with Crippen molar-refractivity contribution in [1.82, 2.24) is 0 Å². The van der Waals surface area contributed by atoms with Gasteiger partial charge in [-0.25, -0.2) is 0 Å². The van der Waals surface area contributed by atoms with Crippen molar-refractivity contribution < 1.29 is 25.0 Å². The molecule has 0 radical (unpaired) electrons. The SMILES string of the molecule is O.[CaH2].[SrH2].[Zn]. The van der Waals surface area contributed by atoms with Gasteiger partial charge in [0.05, 0.1) is 0 Å². The van der Waals surface area contributed by atoms with E-state index in [4.69, 9.17) is 0 Å². The summed E-state index contributed by atoms with van der Waals surface area (Å²) in [6.07, 6.45) is 0. The third kappa shape index (κ3) is 9.01. The second-order valence-electron chi connectivity index (χ2n) is 0. The molecule has 0 aliphatic heterocycles. The molecule has 18 valence electrons. The Morgan fingerprint density at radius 2 is 1.00 bits per heavy atom. The molecule has 0 saturated heterocycles. The van der Waals surface area contributed by atoms with Crippen molar-refractivity contribution in [3.8, 4) is 0 Å². The van der Waals surface area contributed by atoms with Gasteiger partial charge < -0.3 is 5.48 Å². The quantitative estimate of drug-likeness (QED) is 0.395. The first-order valence-electron chi connectivity index (χ1n) is 0. The predicted octanol–water partition coefficient (Wildman–Crippen LogP) is -2.66. The van der Waals surface area contributed by atoms with E-state index in [1.165, 1.54) is 0 Å². The summed E-state index contributed by atoms with van der Waals surface area (Å²) < 4.78 is 0. The maximum atomic E-state index is 0. The minimum absolute atomic E-state index is 0. The number of hydrogen-bond donors (Lipinski definition) is 0. The molecule has 0 unspecified atom stereocenters. The first-order chi connectivity index (χ1) is 0. The first kappa shape index (κ1) is 26.5. The van der Waals surface area contributed by atoms with Gasteiger partial charge in [-0.2, -0.15) is 0 Å². The first-order valence-corrected chi connectivity index (χ1v) is 0. The Morgan fingerprint density at radius 1 is 1.00 bits per heavy atom. The molecule has 4 heteroatoms. The molecule has 0 bridgehead atoms. The molecule has 0 spiro atoms. The number of rotatable bonds is 0. The van der Waals surface area contributed by atoms with Gasteiger partial charge in [-0.1, -0.05) is 0 Å². The topological polar surface area (TPSA) is 31.5 Å². The van der Waals surface area contributed by atoms with Crippen molar-refractivity contribution in [2.45, 2.75) is 0 Å². The Hall–Kier alpha value is 3.32. The molecule has 0 fully saturated rings. The summed E-state index contributed by atoms with van der Waals surface area (Å²) in [5.74, 6) is 0. The Bertz CT molecular complexity index is 8.00. The maximum Gasteiger partial charge on any atom is 0 e. The van der Waals surface area contributed by atoms with E-state index in [1.807, 2.05) is 0 Å². The van der Waals surface area contributed by atoms with Gasteiger partial charge >= 0.3 is 83.2 Å². The zero-order valence-corrected chi connectivity index (χ0v) is 4.17. The van der Waals surface area contributed by atoms with Crippen LogP contribution in [0.1, 0.15) is 0 Å². The molecule has 2 N–H and O–H groups in total. The molecule has 0 aromatic carbocycles. The molecule has 0 aliphatic carbocycles. The Morgan fingerprint density at radius 3 is 1.00 bits per heavy atom. The predicted molar refractivity (Wildman–Crippen MR) is 20.7 cm³/mol. The van der Waals surface area contributed by atoms with Crippen LogP contribution in [-0.4, -0.2) is 88.7 Å². The monoisotopic (exact) mass is 214 g/mol. The van der Waals surface area contributed by atoms with Gasteiger partial charge in [0.15, 0.2) is 0 Å². The molecule has 0 saturated carbocycles. The van der Waals surface area contributed by atoms with Crippen LogP contribution in [0.4, 0.5) is 0 Å². The molecule has 0 heterocycles. The van der Waals surface area contributed by atoms with Crippen LogP contribution in [-0.2, 0) is 19.5 Å². The van der Waals surface area contributed by atoms with Gasteiger partial charge in [-0.3, -0.25) is 0 Å². The van der Waals surface area contributed by atoms with Crippen molar-refractivity contribution in [3.63, 3.8) is 0 Å². The third-order valence-electron chi connectivity index (χ3n) is 0. The molecular weight excluding hydrogens is 209 g/mol. The summed E-state index contributed by atoms with van der Waals surface area (Å²) >= 11 is 0. The van der Waals surface area contributed by atoms with E-state index >= 15 is 0 Å². The maximum absolute atomic E-state index is 0. The van der Waals surface area contributed by atoms with E-state index in [0.29, 0.717) is 0 Å². The Labute approximate surface area is 105 Å². The molecular formula is H6CaOSrZn. The van der Waals surface area contributed by atoms with Gasteiger partial charge in [0.1, 0.15) is 0 Å². The van der Waals surface area contributed by atoms with E-state index in [2.05, 4.69) is 0 Å². The zero-order chi connectivity index (χ0) is 0. The van der Waals surface area contributed by atoms with Crippen LogP contribution < -0.4 is 0 Å². The Balaban J connectivity index is 0. The second kappa shape index (κ2) is 16.2. The van der Waals surface area contributed by atoms with Crippen molar-refractivity contribution >= 4 is 83.2 Å². The van der Waals surface area contributed by atoms with Gasteiger partial charge in [-0.15, -0.1) is 0 Å². The smallest absolute Gasteiger partial charge is 0 e. The van der Waals surface area contributed by atoms with Gasteiger partial charge in [0.2, 0.25) is 0 Å². The average molecular weight is 215 g/mol. The standard InChI is InChI=1S/Ca.H2O.Sr.Zn.4H/h;1H2;;;;;;. The third-order valence-corrected chi connectivity index (χ3v) is 0. The van der Waals surface area contributed by atoms with Crippen molar-refractivity contribution in [2.24, 2.45) is 0 Å². The van der Waals surface area contributed by atoms with Gasteiger partial charge in [-0.05, 0) is 0 Å². The van der Waals surface area contributed by atoms with Crippen LogP contribution in [0, 0.1) is 0 Å². The van der Waals surface area contributed by atoms with Crippen LogP contribution in [0.5, 0.6) is 0 Å². The van der Waals surface area contributed by atoms with E-state index < -0.39 is 0 Å². The zero-order valence-electron chi connectivity index (χ0n) is 1.21. The molecule has 0 atom stereocenters. The van der Waals surface area contributed by atoms with E-state index in [0.717, 1.165) is 0 Å². The largest absolute Gasteiger partial charge is 0 e. The Kier molecular flexibility index (Phi) is 108. The summed E-state index contributed by atoms with van der Waals surface area (Å²) in [6.45, 7) is 0. The van der Waals surface area contributed by atoms with Crippen molar-refractivity contribution in [1.29, 1.82) is 0 Å². The van der Waals surface area contributed by atoms with E-state index in [-0.39, 0.29) is 108 Å². The van der Waals surface area contributed by atoms with E-state index in [1.54, 1.807) is 0 Å². The molecule has 1 nitrogen and oxygen atoms in total. The summed E-state index contributed by atoms with van der Waals surface area (Å²) in [5, 5.41) is 0. The summed E-state index contributed by atoms with van der Waals surface area (Å²) in [7, 11) is 0. The van der Waals surface area contributed by atoms with Gasteiger partial charge in [0, 0.05) is 19.5 Å². The van der Waals surface area contributed by atoms with Crippen molar-refractivity contribution in [3.05, 3.63) is 0 Å². The van der Waals surface area contributed by atoms with Crippen LogP contribution in [0.3, 0.4) is 0 Å². The average Bonchev–Trinajstić information content (AvgIpc) is 0. The molecule has 0 rings (SSSR count). The van der Waals surface area contributed by atoms with E-state index in [9.17, 15) is 0 Å². The van der Waals surface area contributed by atoms with Crippen LogP contribution >= 0.6 is 0 Å². The van der Waals surface area contributed by atoms with Crippen LogP contribution in [0.2, 0.25) is 0 Å². The fourth-order valence-corrected chi connectivity index (χ4v) is 0. The van der Waals surface area contributed by atoms with Gasteiger partial charge in [0.25, 0.3) is 0 Å². The van der Waals surface area contributed by atoms with Crippen LogP contribution in [0.15, 0.2) is 0 Å².